The quantitative estimate of drug-likeness (QED) is 0.724. The lowest BCUT2D eigenvalue weighted by Crippen LogP contribution is -2.42. The first-order valence-corrected chi connectivity index (χ1v) is 9.53. The Labute approximate surface area is 169 Å². The van der Waals surface area contributed by atoms with E-state index in [4.69, 9.17) is 9.47 Å². The molecule has 1 aliphatic heterocycles. The number of benzene rings is 2. The van der Waals surface area contributed by atoms with Crippen molar-refractivity contribution in [2.45, 2.75) is 19.5 Å². The smallest absolute Gasteiger partial charge is 0.317 e. The van der Waals surface area contributed by atoms with Crippen LogP contribution in [-0.2, 0) is 19.5 Å². The van der Waals surface area contributed by atoms with Gasteiger partial charge in [0, 0.05) is 32.0 Å². The standard InChI is InChI=1S/C22H24N4O3/c1-28-20-12-17-8-11-25(15-18(17)13-21(20)29-2)22(27)23-14-16-4-6-19(7-5-16)26-10-3-9-24-26/h3-7,9-10,12-13H,8,11,14-15H2,1-2H3,(H,23,27). The summed E-state index contributed by atoms with van der Waals surface area (Å²) < 4.78 is 12.6. The predicted octanol–water partition coefficient (Wildman–Crippen LogP) is 3.16. The van der Waals surface area contributed by atoms with Crippen LogP contribution in [0.5, 0.6) is 11.5 Å². The largest absolute Gasteiger partial charge is 0.493 e. The van der Waals surface area contributed by atoms with Crippen LogP contribution >= 0.6 is 0 Å². The second-order valence-electron chi connectivity index (χ2n) is 6.92. The van der Waals surface area contributed by atoms with Crippen LogP contribution in [-0.4, -0.2) is 41.5 Å². The molecule has 2 aromatic carbocycles. The topological polar surface area (TPSA) is 68.6 Å². The molecular weight excluding hydrogens is 368 g/mol. The van der Waals surface area contributed by atoms with Gasteiger partial charge in [-0.05, 0) is 53.4 Å². The van der Waals surface area contributed by atoms with Gasteiger partial charge in [-0.25, -0.2) is 9.48 Å². The van der Waals surface area contributed by atoms with E-state index >= 15 is 0 Å². The van der Waals surface area contributed by atoms with Crippen molar-refractivity contribution < 1.29 is 14.3 Å². The van der Waals surface area contributed by atoms with Crippen molar-refractivity contribution in [2.75, 3.05) is 20.8 Å². The lowest BCUT2D eigenvalue weighted by atomic mass is 9.99. The molecule has 7 nitrogen and oxygen atoms in total. The molecule has 1 aliphatic rings. The summed E-state index contributed by atoms with van der Waals surface area (Å²) in [6.45, 7) is 1.71. The van der Waals surface area contributed by atoms with E-state index in [1.54, 1.807) is 25.1 Å². The molecule has 4 rings (SSSR count). The normalized spacial score (nSPS) is 13.0. The number of hydrogen-bond donors (Lipinski definition) is 1. The molecule has 150 valence electrons. The van der Waals surface area contributed by atoms with Crippen LogP contribution in [0.2, 0.25) is 0 Å². The average molecular weight is 392 g/mol. The van der Waals surface area contributed by atoms with Crippen LogP contribution in [0.15, 0.2) is 54.9 Å². The Morgan fingerprint density at radius 2 is 1.83 bits per heavy atom. The summed E-state index contributed by atoms with van der Waals surface area (Å²) >= 11 is 0. The number of nitrogens with zero attached hydrogens (tertiary/aromatic N) is 3. The third-order valence-corrected chi connectivity index (χ3v) is 5.15. The Bertz CT molecular complexity index is 984. The van der Waals surface area contributed by atoms with Gasteiger partial charge in [-0.3, -0.25) is 0 Å². The van der Waals surface area contributed by atoms with Crippen molar-refractivity contribution in [1.82, 2.24) is 20.0 Å². The zero-order chi connectivity index (χ0) is 20.2. The van der Waals surface area contributed by atoms with Gasteiger partial charge in [-0.1, -0.05) is 12.1 Å². The molecule has 29 heavy (non-hydrogen) atoms. The summed E-state index contributed by atoms with van der Waals surface area (Å²) in [6.07, 6.45) is 4.44. The van der Waals surface area contributed by atoms with Gasteiger partial charge in [0.2, 0.25) is 0 Å². The number of rotatable bonds is 5. The maximum absolute atomic E-state index is 12.7. The Morgan fingerprint density at radius 1 is 1.10 bits per heavy atom. The number of aromatic nitrogens is 2. The van der Waals surface area contributed by atoms with Crippen LogP contribution in [0.1, 0.15) is 16.7 Å². The fourth-order valence-corrected chi connectivity index (χ4v) is 3.53. The molecule has 0 aliphatic carbocycles. The first-order valence-electron chi connectivity index (χ1n) is 9.53. The molecule has 0 bridgehead atoms. The van der Waals surface area contributed by atoms with E-state index in [0.717, 1.165) is 29.0 Å². The minimum Gasteiger partial charge on any atom is -0.493 e. The van der Waals surface area contributed by atoms with E-state index in [1.165, 1.54) is 5.56 Å². The highest BCUT2D eigenvalue weighted by atomic mass is 16.5. The Balaban J connectivity index is 1.37. The molecule has 0 spiro atoms. The van der Waals surface area contributed by atoms with Crippen LogP contribution in [0.3, 0.4) is 0 Å². The van der Waals surface area contributed by atoms with Gasteiger partial charge in [-0.15, -0.1) is 0 Å². The van der Waals surface area contributed by atoms with Crippen molar-refractivity contribution in [1.29, 1.82) is 0 Å². The van der Waals surface area contributed by atoms with Crippen molar-refractivity contribution in [3.8, 4) is 17.2 Å². The highest BCUT2D eigenvalue weighted by molar-refractivity contribution is 5.74. The number of hydrogen-bond acceptors (Lipinski definition) is 4. The van der Waals surface area contributed by atoms with Crippen molar-refractivity contribution in [3.63, 3.8) is 0 Å². The average Bonchev–Trinajstić information content (AvgIpc) is 3.31. The number of amides is 2. The molecule has 1 aromatic heterocycles. The molecule has 3 aromatic rings. The van der Waals surface area contributed by atoms with E-state index in [9.17, 15) is 4.79 Å². The van der Waals surface area contributed by atoms with E-state index in [2.05, 4.69) is 10.4 Å². The summed E-state index contributed by atoms with van der Waals surface area (Å²) in [5.41, 5.74) is 4.31. The lowest BCUT2D eigenvalue weighted by molar-refractivity contribution is 0.191. The highest BCUT2D eigenvalue weighted by Gasteiger charge is 2.22. The van der Waals surface area contributed by atoms with Gasteiger partial charge in [-0.2, -0.15) is 5.10 Å². The minimum absolute atomic E-state index is 0.0680. The molecule has 1 N–H and O–H groups in total. The number of ether oxygens (including phenoxy) is 2. The number of urea groups is 1. The monoisotopic (exact) mass is 392 g/mol. The number of carbonyl (C=O) groups excluding carboxylic acids is 1. The fraction of sp³-hybridized carbons (Fsp3) is 0.273. The minimum atomic E-state index is -0.0680. The first-order chi connectivity index (χ1) is 14.2. The van der Waals surface area contributed by atoms with Gasteiger partial charge in [0.15, 0.2) is 11.5 Å². The number of fused-ring (bicyclic) bond motifs is 1. The van der Waals surface area contributed by atoms with E-state index in [-0.39, 0.29) is 6.03 Å². The maximum Gasteiger partial charge on any atom is 0.317 e. The van der Waals surface area contributed by atoms with E-state index < -0.39 is 0 Å². The van der Waals surface area contributed by atoms with Gasteiger partial charge in [0.1, 0.15) is 0 Å². The Hall–Kier alpha value is -3.48. The van der Waals surface area contributed by atoms with Crippen LogP contribution in [0, 0.1) is 0 Å². The molecule has 0 saturated carbocycles. The van der Waals surface area contributed by atoms with Gasteiger partial charge >= 0.3 is 6.03 Å². The van der Waals surface area contributed by atoms with Crippen molar-refractivity contribution >= 4 is 6.03 Å². The summed E-state index contributed by atoms with van der Waals surface area (Å²) in [7, 11) is 3.25. The summed E-state index contributed by atoms with van der Waals surface area (Å²) in [4.78, 5) is 14.5. The molecule has 0 fully saturated rings. The van der Waals surface area contributed by atoms with Crippen molar-refractivity contribution in [2.24, 2.45) is 0 Å². The molecule has 0 atom stereocenters. The fourth-order valence-electron chi connectivity index (χ4n) is 3.53. The van der Waals surface area contributed by atoms with E-state index in [0.29, 0.717) is 25.4 Å². The Morgan fingerprint density at radius 3 is 2.48 bits per heavy atom. The zero-order valence-corrected chi connectivity index (χ0v) is 16.6. The summed E-state index contributed by atoms with van der Waals surface area (Å²) in [5, 5.41) is 7.23. The number of carbonyl (C=O) groups is 1. The SMILES string of the molecule is COc1cc2c(cc1OC)CN(C(=O)NCc1ccc(-n3cccn3)cc1)CC2. The van der Waals surface area contributed by atoms with Gasteiger partial charge < -0.3 is 19.7 Å². The molecular formula is C22H24N4O3. The van der Waals surface area contributed by atoms with Crippen molar-refractivity contribution in [3.05, 3.63) is 71.5 Å². The number of nitrogens with one attached hydrogen (secondary N) is 1. The maximum atomic E-state index is 12.7. The zero-order valence-electron chi connectivity index (χ0n) is 16.6. The van der Waals surface area contributed by atoms with Crippen LogP contribution in [0.25, 0.3) is 5.69 Å². The predicted molar refractivity (Wildman–Crippen MR) is 109 cm³/mol. The molecule has 2 heterocycles. The molecule has 0 unspecified atom stereocenters. The lowest BCUT2D eigenvalue weighted by Gasteiger charge is -2.29. The van der Waals surface area contributed by atoms with Gasteiger partial charge in [0.05, 0.1) is 19.9 Å². The van der Waals surface area contributed by atoms with Crippen LogP contribution < -0.4 is 14.8 Å². The van der Waals surface area contributed by atoms with E-state index in [1.807, 2.05) is 53.6 Å². The third-order valence-electron chi connectivity index (χ3n) is 5.15. The van der Waals surface area contributed by atoms with Gasteiger partial charge in [0.25, 0.3) is 0 Å². The van der Waals surface area contributed by atoms with Crippen LogP contribution in [0.4, 0.5) is 4.79 Å². The second-order valence-corrected chi connectivity index (χ2v) is 6.92. The second kappa shape index (κ2) is 8.26. The molecule has 2 amide bonds. The summed E-state index contributed by atoms with van der Waals surface area (Å²) in [5.74, 6) is 1.41. The number of methoxy groups -OCH3 is 2. The molecule has 0 radical (unpaired) electrons. The highest BCUT2D eigenvalue weighted by Crippen LogP contribution is 2.33. The molecule has 0 saturated heterocycles. The Kier molecular flexibility index (Phi) is 5.37. The third kappa shape index (κ3) is 4.03. The molecule has 7 heteroatoms. The first kappa shape index (κ1) is 18.9. The summed E-state index contributed by atoms with van der Waals surface area (Å²) in [6, 6.07) is 13.8.